The van der Waals surface area contributed by atoms with E-state index < -0.39 is 0 Å². The van der Waals surface area contributed by atoms with Crippen molar-refractivity contribution in [3.63, 3.8) is 0 Å². The molecule has 1 N–H and O–H groups in total. The lowest BCUT2D eigenvalue weighted by Crippen LogP contribution is -2.44. The largest absolute Gasteiger partial charge is 0.465 e. The first-order valence-electron chi connectivity index (χ1n) is 8.14. The van der Waals surface area contributed by atoms with E-state index >= 15 is 0 Å². The lowest BCUT2D eigenvalue weighted by Gasteiger charge is -2.32. The van der Waals surface area contributed by atoms with Gasteiger partial charge in [0.05, 0.1) is 6.61 Å². The van der Waals surface area contributed by atoms with Gasteiger partial charge in [-0.25, -0.2) is 0 Å². The Morgan fingerprint density at radius 3 is 2.52 bits per heavy atom. The first-order chi connectivity index (χ1) is 10.2. The second kappa shape index (κ2) is 8.18. The molecule has 0 amide bonds. The van der Waals surface area contributed by atoms with Crippen LogP contribution in [0.3, 0.4) is 0 Å². The Labute approximate surface area is 128 Å². The number of nitrogens with one attached hydrogen (secondary N) is 1. The summed E-state index contributed by atoms with van der Waals surface area (Å²) < 4.78 is 5.27. The fourth-order valence-electron chi connectivity index (χ4n) is 3.12. The zero-order valence-corrected chi connectivity index (χ0v) is 13.2. The van der Waals surface area contributed by atoms with E-state index in [1.54, 1.807) is 0 Å². The molecule has 1 fully saturated rings. The van der Waals surface area contributed by atoms with Crippen molar-refractivity contribution in [2.24, 2.45) is 11.8 Å². The zero-order chi connectivity index (χ0) is 15.1. The third-order valence-corrected chi connectivity index (χ3v) is 4.44. The van der Waals surface area contributed by atoms with Gasteiger partial charge in [-0.1, -0.05) is 50.1 Å². The Hall–Kier alpha value is -1.35. The molecule has 1 aromatic carbocycles. The molecular formula is C18H27NO2. The van der Waals surface area contributed by atoms with Gasteiger partial charge in [-0.05, 0) is 37.2 Å². The van der Waals surface area contributed by atoms with Crippen molar-refractivity contribution in [1.29, 1.82) is 0 Å². The van der Waals surface area contributed by atoms with Gasteiger partial charge in [0, 0.05) is 6.54 Å². The predicted molar refractivity (Wildman–Crippen MR) is 84.8 cm³/mol. The van der Waals surface area contributed by atoms with Crippen LogP contribution in [0.15, 0.2) is 30.3 Å². The highest BCUT2D eigenvalue weighted by molar-refractivity contribution is 5.76. The minimum atomic E-state index is -0.169. The van der Waals surface area contributed by atoms with Crippen molar-refractivity contribution in [1.82, 2.24) is 5.32 Å². The zero-order valence-electron chi connectivity index (χ0n) is 13.2. The van der Waals surface area contributed by atoms with Crippen LogP contribution < -0.4 is 5.32 Å². The average Bonchev–Trinajstić information content (AvgIpc) is 2.50. The lowest BCUT2D eigenvalue weighted by molar-refractivity contribution is -0.147. The SMILES string of the molecule is CCOC(=O)C(NCc1ccccc1)C1CCC(C)CC1. The number of esters is 1. The Kier molecular flexibility index (Phi) is 6.24. The van der Waals surface area contributed by atoms with Crippen LogP contribution in [0.5, 0.6) is 0 Å². The van der Waals surface area contributed by atoms with E-state index in [4.69, 9.17) is 4.74 Å². The maximum atomic E-state index is 12.3. The standard InChI is InChI=1S/C18H27NO2/c1-3-21-18(20)17(16-11-9-14(2)10-12-16)19-13-15-7-5-4-6-8-15/h4-8,14,16-17,19H,3,9-13H2,1-2H3. The fourth-order valence-corrected chi connectivity index (χ4v) is 3.12. The molecule has 0 spiro atoms. The summed E-state index contributed by atoms with van der Waals surface area (Å²) in [5.41, 5.74) is 1.20. The first kappa shape index (κ1) is 16.0. The number of hydrogen-bond acceptors (Lipinski definition) is 3. The third-order valence-electron chi connectivity index (χ3n) is 4.44. The topological polar surface area (TPSA) is 38.3 Å². The second-order valence-corrected chi connectivity index (χ2v) is 6.12. The molecule has 21 heavy (non-hydrogen) atoms. The number of rotatable bonds is 6. The van der Waals surface area contributed by atoms with Gasteiger partial charge in [0.1, 0.15) is 6.04 Å². The van der Waals surface area contributed by atoms with Crippen molar-refractivity contribution in [2.75, 3.05) is 6.61 Å². The molecule has 1 unspecified atom stereocenters. The molecule has 2 rings (SSSR count). The van der Waals surface area contributed by atoms with Crippen LogP contribution in [0.25, 0.3) is 0 Å². The molecule has 1 aromatic rings. The Balaban J connectivity index is 1.96. The number of ether oxygens (including phenoxy) is 1. The Morgan fingerprint density at radius 1 is 1.24 bits per heavy atom. The summed E-state index contributed by atoms with van der Waals surface area (Å²) in [6.07, 6.45) is 4.67. The Morgan fingerprint density at radius 2 is 1.90 bits per heavy atom. The van der Waals surface area contributed by atoms with E-state index in [9.17, 15) is 4.79 Å². The number of carbonyl (C=O) groups is 1. The van der Waals surface area contributed by atoms with E-state index in [0.29, 0.717) is 12.5 Å². The third kappa shape index (κ3) is 4.85. The van der Waals surface area contributed by atoms with Gasteiger partial charge in [-0.15, -0.1) is 0 Å². The van der Waals surface area contributed by atoms with Crippen LogP contribution in [0, 0.1) is 11.8 Å². The van der Waals surface area contributed by atoms with Gasteiger partial charge in [-0.3, -0.25) is 4.79 Å². The molecule has 0 aromatic heterocycles. The molecule has 3 nitrogen and oxygen atoms in total. The quantitative estimate of drug-likeness (QED) is 0.814. The number of benzene rings is 1. The minimum Gasteiger partial charge on any atom is -0.465 e. The van der Waals surface area contributed by atoms with Crippen LogP contribution in [-0.2, 0) is 16.1 Å². The normalized spacial score (nSPS) is 23.5. The highest BCUT2D eigenvalue weighted by Gasteiger charge is 2.31. The fraction of sp³-hybridized carbons (Fsp3) is 0.611. The van der Waals surface area contributed by atoms with Crippen molar-refractivity contribution >= 4 is 5.97 Å². The van der Waals surface area contributed by atoms with Gasteiger partial charge < -0.3 is 10.1 Å². The average molecular weight is 289 g/mol. The molecule has 0 heterocycles. The van der Waals surface area contributed by atoms with E-state index in [1.807, 2.05) is 25.1 Å². The van der Waals surface area contributed by atoms with Gasteiger partial charge in [-0.2, -0.15) is 0 Å². The molecule has 0 saturated heterocycles. The molecule has 1 saturated carbocycles. The van der Waals surface area contributed by atoms with Crippen molar-refractivity contribution in [3.05, 3.63) is 35.9 Å². The molecule has 3 heteroatoms. The summed E-state index contributed by atoms with van der Waals surface area (Å²) in [6.45, 7) is 5.34. The summed E-state index contributed by atoms with van der Waals surface area (Å²) in [5, 5.41) is 3.43. The van der Waals surface area contributed by atoms with E-state index in [1.165, 1.54) is 18.4 Å². The van der Waals surface area contributed by atoms with Crippen LogP contribution in [0.1, 0.15) is 45.1 Å². The summed E-state index contributed by atoms with van der Waals surface area (Å²) in [6, 6.07) is 10.1. The molecule has 1 atom stereocenters. The van der Waals surface area contributed by atoms with Gasteiger partial charge in [0.2, 0.25) is 0 Å². The highest BCUT2D eigenvalue weighted by atomic mass is 16.5. The predicted octanol–water partition coefficient (Wildman–Crippen LogP) is 3.53. The highest BCUT2D eigenvalue weighted by Crippen LogP contribution is 2.31. The van der Waals surface area contributed by atoms with Crippen LogP contribution >= 0.6 is 0 Å². The van der Waals surface area contributed by atoms with Crippen LogP contribution in [-0.4, -0.2) is 18.6 Å². The van der Waals surface area contributed by atoms with Crippen LogP contribution in [0.2, 0.25) is 0 Å². The van der Waals surface area contributed by atoms with Crippen molar-refractivity contribution in [2.45, 2.75) is 52.1 Å². The molecule has 116 valence electrons. The van der Waals surface area contributed by atoms with E-state index in [2.05, 4.69) is 24.4 Å². The van der Waals surface area contributed by atoms with Gasteiger partial charge in [0.25, 0.3) is 0 Å². The second-order valence-electron chi connectivity index (χ2n) is 6.12. The molecule has 0 radical (unpaired) electrons. The van der Waals surface area contributed by atoms with Gasteiger partial charge in [0.15, 0.2) is 0 Å². The summed E-state index contributed by atoms with van der Waals surface area (Å²) in [4.78, 5) is 12.3. The number of hydrogen-bond donors (Lipinski definition) is 1. The lowest BCUT2D eigenvalue weighted by atomic mass is 9.79. The molecule has 0 bridgehead atoms. The maximum Gasteiger partial charge on any atom is 0.323 e. The molecule has 1 aliphatic carbocycles. The first-order valence-corrected chi connectivity index (χ1v) is 8.14. The summed E-state index contributed by atoms with van der Waals surface area (Å²) in [5.74, 6) is 1.11. The summed E-state index contributed by atoms with van der Waals surface area (Å²) in [7, 11) is 0. The minimum absolute atomic E-state index is 0.0898. The monoisotopic (exact) mass is 289 g/mol. The maximum absolute atomic E-state index is 12.3. The Bertz CT molecular complexity index is 424. The van der Waals surface area contributed by atoms with Crippen molar-refractivity contribution in [3.8, 4) is 0 Å². The molecule has 0 aliphatic heterocycles. The van der Waals surface area contributed by atoms with E-state index in [-0.39, 0.29) is 12.0 Å². The molecule has 1 aliphatic rings. The van der Waals surface area contributed by atoms with E-state index in [0.717, 1.165) is 25.3 Å². The van der Waals surface area contributed by atoms with Crippen LogP contribution in [0.4, 0.5) is 0 Å². The number of carbonyl (C=O) groups excluding carboxylic acids is 1. The van der Waals surface area contributed by atoms with Crippen molar-refractivity contribution < 1.29 is 9.53 Å². The summed E-state index contributed by atoms with van der Waals surface area (Å²) >= 11 is 0. The molecular weight excluding hydrogens is 262 g/mol. The van der Waals surface area contributed by atoms with Gasteiger partial charge >= 0.3 is 5.97 Å². The smallest absolute Gasteiger partial charge is 0.323 e.